The van der Waals surface area contributed by atoms with Gasteiger partial charge in [-0.2, -0.15) is 0 Å². The van der Waals surface area contributed by atoms with E-state index in [0.717, 1.165) is 18.5 Å². The Morgan fingerprint density at radius 2 is 2.26 bits per heavy atom. The number of aryl methyl sites for hydroxylation is 1. The molecule has 1 saturated heterocycles. The number of hydrogen-bond acceptors (Lipinski definition) is 2. The molecule has 2 rings (SSSR count). The third kappa shape index (κ3) is 3.13. The lowest BCUT2D eigenvalue weighted by molar-refractivity contribution is 0.0757. The number of likely N-dealkylation sites (N-methyl/N-ethyl adjacent to an activating group) is 2. The summed E-state index contributed by atoms with van der Waals surface area (Å²) in [5.41, 5.74) is 0.987. The molecular formula is C15H21FN2O. The molecule has 1 aliphatic rings. The highest BCUT2D eigenvalue weighted by Crippen LogP contribution is 2.17. The summed E-state index contributed by atoms with van der Waals surface area (Å²) in [5, 5.41) is 0. The minimum Gasteiger partial charge on any atom is -0.340 e. The standard InChI is InChI=1S/C15H21FN2O/c1-11-6-7-13(14(16)9-11)15(19)18(3)10-12-5-4-8-17(12)2/h6-7,9,12H,4-5,8,10H2,1-3H3. The Hall–Kier alpha value is -1.42. The van der Waals surface area contributed by atoms with Crippen LogP contribution >= 0.6 is 0 Å². The quantitative estimate of drug-likeness (QED) is 0.836. The summed E-state index contributed by atoms with van der Waals surface area (Å²) in [7, 11) is 3.82. The molecule has 1 fully saturated rings. The number of carbonyl (C=O) groups is 1. The van der Waals surface area contributed by atoms with Crippen molar-refractivity contribution in [3.8, 4) is 0 Å². The topological polar surface area (TPSA) is 23.6 Å². The van der Waals surface area contributed by atoms with E-state index < -0.39 is 5.82 Å². The number of rotatable bonds is 3. The van der Waals surface area contributed by atoms with E-state index in [1.54, 1.807) is 24.1 Å². The lowest BCUT2D eigenvalue weighted by atomic mass is 10.1. The Labute approximate surface area is 114 Å². The Morgan fingerprint density at radius 1 is 1.53 bits per heavy atom. The van der Waals surface area contributed by atoms with Gasteiger partial charge in [0, 0.05) is 19.6 Å². The van der Waals surface area contributed by atoms with Gasteiger partial charge in [-0.1, -0.05) is 6.07 Å². The Kier molecular flexibility index (Phi) is 4.20. The van der Waals surface area contributed by atoms with Crippen molar-refractivity contribution in [3.05, 3.63) is 35.1 Å². The van der Waals surface area contributed by atoms with Gasteiger partial charge >= 0.3 is 0 Å². The van der Waals surface area contributed by atoms with Gasteiger partial charge in [0.05, 0.1) is 5.56 Å². The van der Waals surface area contributed by atoms with Crippen LogP contribution in [0.2, 0.25) is 0 Å². The summed E-state index contributed by atoms with van der Waals surface area (Å²) in [5.74, 6) is -0.672. The largest absolute Gasteiger partial charge is 0.340 e. The minimum atomic E-state index is -0.434. The molecule has 1 unspecified atom stereocenters. The summed E-state index contributed by atoms with van der Waals surface area (Å²) in [6, 6.07) is 5.14. The van der Waals surface area contributed by atoms with E-state index in [4.69, 9.17) is 0 Å². The zero-order valence-electron chi connectivity index (χ0n) is 11.8. The molecule has 0 spiro atoms. The van der Waals surface area contributed by atoms with E-state index in [1.807, 2.05) is 6.92 Å². The monoisotopic (exact) mass is 264 g/mol. The van der Waals surface area contributed by atoms with Crippen LogP contribution in [0.1, 0.15) is 28.8 Å². The molecule has 1 atom stereocenters. The van der Waals surface area contributed by atoms with Crippen molar-refractivity contribution >= 4 is 5.91 Å². The molecule has 1 heterocycles. The predicted molar refractivity (Wildman–Crippen MR) is 73.7 cm³/mol. The van der Waals surface area contributed by atoms with Gasteiger partial charge in [0.1, 0.15) is 5.82 Å². The number of amides is 1. The van der Waals surface area contributed by atoms with Crippen LogP contribution in [0.15, 0.2) is 18.2 Å². The van der Waals surface area contributed by atoms with Crippen LogP contribution in [0, 0.1) is 12.7 Å². The maximum Gasteiger partial charge on any atom is 0.256 e. The van der Waals surface area contributed by atoms with Crippen LogP contribution < -0.4 is 0 Å². The van der Waals surface area contributed by atoms with E-state index in [9.17, 15) is 9.18 Å². The van der Waals surface area contributed by atoms with Gasteiger partial charge < -0.3 is 9.80 Å². The molecule has 0 saturated carbocycles. The van der Waals surface area contributed by atoms with Crippen LogP contribution in [-0.4, -0.2) is 48.9 Å². The van der Waals surface area contributed by atoms with Crippen molar-refractivity contribution in [2.45, 2.75) is 25.8 Å². The maximum absolute atomic E-state index is 13.8. The fraction of sp³-hybridized carbons (Fsp3) is 0.533. The van der Waals surface area contributed by atoms with Gasteiger partial charge in [0.2, 0.25) is 0 Å². The van der Waals surface area contributed by atoms with Gasteiger partial charge in [-0.05, 0) is 51.1 Å². The highest BCUT2D eigenvalue weighted by molar-refractivity contribution is 5.94. The second kappa shape index (κ2) is 5.70. The number of halogens is 1. The number of carbonyl (C=O) groups excluding carboxylic acids is 1. The molecule has 1 aromatic rings. The third-order valence-corrected chi connectivity index (χ3v) is 3.86. The van der Waals surface area contributed by atoms with E-state index in [-0.39, 0.29) is 11.5 Å². The molecule has 1 aliphatic heterocycles. The fourth-order valence-corrected chi connectivity index (χ4v) is 2.61. The molecule has 0 aromatic heterocycles. The van der Waals surface area contributed by atoms with Gasteiger partial charge in [-0.25, -0.2) is 4.39 Å². The maximum atomic E-state index is 13.8. The third-order valence-electron chi connectivity index (χ3n) is 3.86. The van der Waals surface area contributed by atoms with E-state index in [0.29, 0.717) is 12.6 Å². The molecule has 0 aliphatic carbocycles. The van der Waals surface area contributed by atoms with E-state index >= 15 is 0 Å². The molecule has 104 valence electrons. The van der Waals surface area contributed by atoms with Crippen molar-refractivity contribution in [3.63, 3.8) is 0 Å². The molecule has 3 nitrogen and oxygen atoms in total. The smallest absolute Gasteiger partial charge is 0.256 e. The first-order chi connectivity index (χ1) is 8.99. The summed E-state index contributed by atoms with van der Waals surface area (Å²) in [6.07, 6.45) is 2.27. The van der Waals surface area contributed by atoms with E-state index in [1.165, 1.54) is 12.5 Å². The van der Waals surface area contributed by atoms with Crippen LogP contribution in [-0.2, 0) is 0 Å². The zero-order valence-corrected chi connectivity index (χ0v) is 11.8. The lowest BCUT2D eigenvalue weighted by Crippen LogP contribution is -2.39. The molecule has 0 radical (unpaired) electrons. The first-order valence-electron chi connectivity index (χ1n) is 6.71. The molecule has 4 heteroatoms. The fourth-order valence-electron chi connectivity index (χ4n) is 2.61. The average Bonchev–Trinajstić information content (AvgIpc) is 2.74. The molecule has 1 aromatic carbocycles. The summed E-state index contributed by atoms with van der Waals surface area (Å²) >= 11 is 0. The average molecular weight is 264 g/mol. The number of hydrogen-bond donors (Lipinski definition) is 0. The molecule has 0 N–H and O–H groups in total. The Morgan fingerprint density at radius 3 is 2.84 bits per heavy atom. The number of benzene rings is 1. The van der Waals surface area contributed by atoms with Crippen molar-refractivity contribution in [2.75, 3.05) is 27.2 Å². The Bertz CT molecular complexity index is 475. The second-order valence-corrected chi connectivity index (χ2v) is 5.45. The van der Waals surface area contributed by atoms with Gasteiger partial charge in [0.25, 0.3) is 5.91 Å². The lowest BCUT2D eigenvalue weighted by Gasteiger charge is -2.26. The van der Waals surface area contributed by atoms with Gasteiger partial charge in [-0.3, -0.25) is 4.79 Å². The van der Waals surface area contributed by atoms with Crippen LogP contribution in [0.25, 0.3) is 0 Å². The first-order valence-corrected chi connectivity index (χ1v) is 6.71. The Balaban J connectivity index is 2.06. The van der Waals surface area contributed by atoms with Crippen molar-refractivity contribution in [1.82, 2.24) is 9.80 Å². The van der Waals surface area contributed by atoms with E-state index in [2.05, 4.69) is 11.9 Å². The second-order valence-electron chi connectivity index (χ2n) is 5.45. The first kappa shape index (κ1) is 14.0. The molecular weight excluding hydrogens is 243 g/mol. The summed E-state index contributed by atoms with van der Waals surface area (Å²) in [6.45, 7) is 3.54. The van der Waals surface area contributed by atoms with Gasteiger partial charge in [0.15, 0.2) is 0 Å². The number of nitrogens with zero attached hydrogens (tertiary/aromatic N) is 2. The molecule has 1 amide bonds. The highest BCUT2D eigenvalue weighted by atomic mass is 19.1. The normalized spacial score (nSPS) is 19.7. The van der Waals surface area contributed by atoms with Gasteiger partial charge in [-0.15, -0.1) is 0 Å². The molecule has 0 bridgehead atoms. The molecule has 19 heavy (non-hydrogen) atoms. The van der Waals surface area contributed by atoms with Crippen molar-refractivity contribution in [1.29, 1.82) is 0 Å². The van der Waals surface area contributed by atoms with Crippen LogP contribution in [0.4, 0.5) is 4.39 Å². The summed E-state index contributed by atoms with van der Waals surface area (Å²) in [4.78, 5) is 16.1. The highest BCUT2D eigenvalue weighted by Gasteiger charge is 2.25. The van der Waals surface area contributed by atoms with Crippen molar-refractivity contribution < 1.29 is 9.18 Å². The van der Waals surface area contributed by atoms with Crippen LogP contribution in [0.5, 0.6) is 0 Å². The van der Waals surface area contributed by atoms with Crippen LogP contribution in [0.3, 0.4) is 0 Å². The van der Waals surface area contributed by atoms with Crippen molar-refractivity contribution in [2.24, 2.45) is 0 Å². The number of likely N-dealkylation sites (tertiary alicyclic amines) is 1. The predicted octanol–water partition coefficient (Wildman–Crippen LogP) is 2.30. The zero-order chi connectivity index (χ0) is 14.0. The summed E-state index contributed by atoms with van der Waals surface area (Å²) < 4.78 is 13.8. The SMILES string of the molecule is Cc1ccc(C(=O)N(C)CC2CCCN2C)c(F)c1. The minimum absolute atomic E-state index is 0.161.